The number of amides is 1. The van der Waals surface area contributed by atoms with Crippen LogP contribution in [-0.2, 0) is 11.3 Å². The number of halogens is 2. The van der Waals surface area contributed by atoms with Gasteiger partial charge in [-0.05, 0) is 55.7 Å². The topological polar surface area (TPSA) is 41.1 Å². The number of carbonyl (C=O) groups is 1. The highest BCUT2D eigenvalue weighted by molar-refractivity contribution is 5.94. The van der Waals surface area contributed by atoms with Gasteiger partial charge < -0.3 is 10.6 Å². The fraction of sp³-hybridized carbons (Fsp3) is 0.316. The molecule has 0 bridgehead atoms. The number of carbonyl (C=O) groups excluding carboxylic acids is 1. The quantitative estimate of drug-likeness (QED) is 0.835. The minimum atomic E-state index is -0.448. The molecule has 0 aliphatic heterocycles. The second kappa shape index (κ2) is 7.09. The van der Waals surface area contributed by atoms with E-state index in [1.54, 1.807) is 0 Å². The lowest BCUT2D eigenvalue weighted by Crippen LogP contribution is -2.19. The predicted molar refractivity (Wildman–Crippen MR) is 89.4 cm³/mol. The number of hydrogen-bond acceptors (Lipinski definition) is 2. The SMILES string of the molecule is C[C@@H](NCc1cc(F)ccc1F)c1ccc(NC(=O)C2CC2)cc1. The van der Waals surface area contributed by atoms with Gasteiger partial charge in [0, 0.05) is 29.8 Å². The first kappa shape index (κ1) is 16.6. The highest BCUT2D eigenvalue weighted by Gasteiger charge is 2.29. The summed E-state index contributed by atoms with van der Waals surface area (Å²) in [6.07, 6.45) is 1.95. The van der Waals surface area contributed by atoms with Crippen molar-refractivity contribution in [2.75, 3.05) is 5.32 Å². The van der Waals surface area contributed by atoms with E-state index in [1.165, 1.54) is 6.07 Å². The number of hydrogen-bond donors (Lipinski definition) is 2. The summed E-state index contributed by atoms with van der Waals surface area (Å²) in [4.78, 5) is 11.7. The maximum atomic E-state index is 13.6. The third-order valence-corrected chi connectivity index (χ3v) is 4.23. The molecule has 2 N–H and O–H groups in total. The maximum Gasteiger partial charge on any atom is 0.227 e. The molecule has 2 aromatic rings. The molecular weight excluding hydrogens is 310 g/mol. The lowest BCUT2D eigenvalue weighted by molar-refractivity contribution is -0.117. The van der Waals surface area contributed by atoms with Crippen molar-refractivity contribution in [1.82, 2.24) is 5.32 Å². The van der Waals surface area contributed by atoms with E-state index < -0.39 is 11.6 Å². The molecule has 3 rings (SSSR count). The zero-order chi connectivity index (χ0) is 17.1. The highest BCUT2D eigenvalue weighted by Crippen LogP contribution is 2.30. The van der Waals surface area contributed by atoms with Crippen LogP contribution in [0.15, 0.2) is 42.5 Å². The normalized spacial score (nSPS) is 15.1. The van der Waals surface area contributed by atoms with Gasteiger partial charge in [0.05, 0.1) is 0 Å². The van der Waals surface area contributed by atoms with Gasteiger partial charge in [-0.2, -0.15) is 0 Å². The van der Waals surface area contributed by atoms with Gasteiger partial charge in [-0.3, -0.25) is 4.79 Å². The lowest BCUT2D eigenvalue weighted by atomic mass is 10.1. The number of benzene rings is 2. The molecule has 1 fully saturated rings. The molecular formula is C19H20F2N2O. The maximum absolute atomic E-state index is 13.6. The van der Waals surface area contributed by atoms with Crippen LogP contribution in [0.4, 0.5) is 14.5 Å². The molecule has 24 heavy (non-hydrogen) atoms. The van der Waals surface area contributed by atoms with Crippen molar-refractivity contribution in [3.8, 4) is 0 Å². The Morgan fingerprint density at radius 2 is 1.88 bits per heavy atom. The zero-order valence-electron chi connectivity index (χ0n) is 13.5. The van der Waals surface area contributed by atoms with Crippen molar-refractivity contribution in [2.45, 2.75) is 32.4 Å². The summed E-state index contributed by atoms with van der Waals surface area (Å²) in [5, 5.41) is 6.07. The molecule has 5 heteroatoms. The third-order valence-electron chi connectivity index (χ3n) is 4.23. The van der Waals surface area contributed by atoms with Crippen LogP contribution in [0.2, 0.25) is 0 Å². The summed E-state index contributed by atoms with van der Waals surface area (Å²) in [5.74, 6) is -0.618. The third kappa shape index (κ3) is 4.17. The van der Waals surface area contributed by atoms with Gasteiger partial charge >= 0.3 is 0 Å². The van der Waals surface area contributed by atoms with Crippen molar-refractivity contribution in [3.63, 3.8) is 0 Å². The smallest absolute Gasteiger partial charge is 0.227 e. The average molecular weight is 330 g/mol. The zero-order valence-corrected chi connectivity index (χ0v) is 13.5. The van der Waals surface area contributed by atoms with Gasteiger partial charge in [-0.25, -0.2) is 8.78 Å². The van der Waals surface area contributed by atoms with Gasteiger partial charge in [0.1, 0.15) is 11.6 Å². The number of nitrogens with one attached hydrogen (secondary N) is 2. The molecule has 0 radical (unpaired) electrons. The van der Waals surface area contributed by atoms with E-state index in [4.69, 9.17) is 0 Å². The van der Waals surface area contributed by atoms with Crippen LogP contribution in [-0.4, -0.2) is 5.91 Å². The standard InChI is InChI=1S/C19H20F2N2O/c1-12(22-11-15-10-16(20)6-9-18(15)21)13-4-7-17(8-5-13)23-19(24)14-2-3-14/h4-10,12,14,22H,2-3,11H2,1H3,(H,23,24)/t12-/m1/s1. The minimum absolute atomic E-state index is 0.0270. The number of anilines is 1. The Labute approximate surface area is 140 Å². The predicted octanol–water partition coefficient (Wildman–Crippen LogP) is 4.16. The molecule has 0 heterocycles. The number of rotatable bonds is 6. The van der Waals surface area contributed by atoms with E-state index in [0.717, 1.165) is 36.2 Å². The van der Waals surface area contributed by atoms with Crippen molar-refractivity contribution >= 4 is 11.6 Å². The molecule has 3 nitrogen and oxygen atoms in total. The Hall–Kier alpha value is -2.27. The van der Waals surface area contributed by atoms with Crippen LogP contribution in [0.1, 0.15) is 36.9 Å². The molecule has 126 valence electrons. The van der Waals surface area contributed by atoms with Crippen molar-refractivity contribution in [3.05, 3.63) is 65.2 Å². The average Bonchev–Trinajstić information content (AvgIpc) is 3.41. The van der Waals surface area contributed by atoms with E-state index in [0.29, 0.717) is 5.56 Å². The van der Waals surface area contributed by atoms with Crippen molar-refractivity contribution in [1.29, 1.82) is 0 Å². The molecule has 1 amide bonds. The van der Waals surface area contributed by atoms with E-state index in [2.05, 4.69) is 10.6 Å². The summed E-state index contributed by atoms with van der Waals surface area (Å²) in [6, 6.07) is 11.0. The molecule has 0 aromatic heterocycles. The lowest BCUT2D eigenvalue weighted by Gasteiger charge is -2.15. The van der Waals surface area contributed by atoms with Gasteiger partial charge in [0.15, 0.2) is 0 Å². The Bertz CT molecular complexity index is 727. The minimum Gasteiger partial charge on any atom is -0.326 e. The largest absolute Gasteiger partial charge is 0.326 e. The van der Waals surface area contributed by atoms with Gasteiger partial charge in [0.2, 0.25) is 5.91 Å². The summed E-state index contributed by atoms with van der Waals surface area (Å²) >= 11 is 0. The molecule has 0 unspecified atom stereocenters. The first-order valence-corrected chi connectivity index (χ1v) is 8.11. The summed E-state index contributed by atoms with van der Waals surface area (Å²) < 4.78 is 26.8. The molecule has 1 saturated carbocycles. The molecule has 2 aromatic carbocycles. The van der Waals surface area contributed by atoms with Crippen LogP contribution in [0.3, 0.4) is 0 Å². The first-order valence-electron chi connectivity index (χ1n) is 8.11. The Morgan fingerprint density at radius 3 is 2.54 bits per heavy atom. The van der Waals surface area contributed by atoms with E-state index in [9.17, 15) is 13.6 Å². The summed E-state index contributed by atoms with van der Waals surface area (Å²) in [6.45, 7) is 2.19. The van der Waals surface area contributed by atoms with E-state index in [1.807, 2.05) is 31.2 Å². The van der Waals surface area contributed by atoms with Crippen LogP contribution >= 0.6 is 0 Å². The Balaban J connectivity index is 1.57. The van der Waals surface area contributed by atoms with E-state index in [-0.39, 0.29) is 24.4 Å². The van der Waals surface area contributed by atoms with Crippen LogP contribution in [0.25, 0.3) is 0 Å². The fourth-order valence-corrected chi connectivity index (χ4v) is 2.50. The van der Waals surface area contributed by atoms with Gasteiger partial charge in [-0.1, -0.05) is 12.1 Å². The highest BCUT2D eigenvalue weighted by atomic mass is 19.1. The second-order valence-corrected chi connectivity index (χ2v) is 6.22. The summed E-state index contributed by atoms with van der Waals surface area (Å²) in [7, 11) is 0. The summed E-state index contributed by atoms with van der Waals surface area (Å²) in [5.41, 5.74) is 2.09. The molecule has 1 aliphatic rings. The monoisotopic (exact) mass is 330 g/mol. The van der Waals surface area contributed by atoms with Gasteiger partial charge in [-0.15, -0.1) is 0 Å². The van der Waals surface area contributed by atoms with Crippen LogP contribution in [0, 0.1) is 17.6 Å². The Morgan fingerprint density at radius 1 is 1.17 bits per heavy atom. The molecule has 0 spiro atoms. The van der Waals surface area contributed by atoms with Crippen molar-refractivity contribution in [2.24, 2.45) is 5.92 Å². The Kier molecular flexibility index (Phi) is 4.90. The van der Waals surface area contributed by atoms with Crippen LogP contribution in [0.5, 0.6) is 0 Å². The molecule has 0 saturated heterocycles. The second-order valence-electron chi connectivity index (χ2n) is 6.22. The van der Waals surface area contributed by atoms with Gasteiger partial charge in [0.25, 0.3) is 0 Å². The molecule has 1 aliphatic carbocycles. The van der Waals surface area contributed by atoms with Crippen LogP contribution < -0.4 is 10.6 Å². The van der Waals surface area contributed by atoms with Crippen molar-refractivity contribution < 1.29 is 13.6 Å². The first-order chi connectivity index (χ1) is 11.5. The molecule has 1 atom stereocenters. The fourth-order valence-electron chi connectivity index (χ4n) is 2.50. The van der Waals surface area contributed by atoms with E-state index >= 15 is 0 Å².